The van der Waals surface area contributed by atoms with Gasteiger partial charge in [-0.25, -0.2) is 0 Å². The Bertz CT molecular complexity index is 487. The van der Waals surface area contributed by atoms with Gasteiger partial charge in [-0.15, -0.1) is 5.10 Å². The van der Waals surface area contributed by atoms with Crippen LogP contribution in [0, 0.1) is 13.8 Å². The van der Waals surface area contributed by atoms with Crippen LogP contribution in [0.3, 0.4) is 0 Å². The molecule has 5 heteroatoms. The summed E-state index contributed by atoms with van der Waals surface area (Å²) < 4.78 is 5.42. The number of hydrogen-bond donors (Lipinski definition) is 2. The third-order valence-corrected chi connectivity index (χ3v) is 2.54. The first-order valence-electron chi connectivity index (χ1n) is 5.56. The van der Waals surface area contributed by atoms with Crippen molar-refractivity contribution in [1.29, 1.82) is 0 Å². The lowest BCUT2D eigenvalue weighted by atomic mass is 10.1. The topological polar surface area (TPSA) is 77.0 Å². The van der Waals surface area contributed by atoms with E-state index in [0.717, 1.165) is 16.8 Å². The van der Waals surface area contributed by atoms with Crippen molar-refractivity contribution >= 4 is 11.7 Å². The smallest absolute Gasteiger partial charge is 0.320 e. The Labute approximate surface area is 100 Å². The van der Waals surface area contributed by atoms with Crippen LogP contribution in [0.5, 0.6) is 0 Å². The summed E-state index contributed by atoms with van der Waals surface area (Å²) in [4.78, 5) is 0. The highest BCUT2D eigenvalue weighted by Crippen LogP contribution is 2.23. The van der Waals surface area contributed by atoms with Gasteiger partial charge in [-0.1, -0.05) is 23.3 Å². The highest BCUT2D eigenvalue weighted by Gasteiger charge is 2.08. The predicted molar refractivity (Wildman–Crippen MR) is 66.3 cm³/mol. The van der Waals surface area contributed by atoms with Crippen molar-refractivity contribution < 1.29 is 4.42 Å². The van der Waals surface area contributed by atoms with Gasteiger partial charge in [0.05, 0.1) is 0 Å². The molecule has 0 saturated heterocycles. The summed E-state index contributed by atoms with van der Waals surface area (Å²) in [5, 5.41) is 11.0. The van der Waals surface area contributed by atoms with Gasteiger partial charge >= 0.3 is 6.01 Å². The standard InChI is InChI=1S/C12H16N4O/c1-8-4-3-5-9(2)11(8)14-12-16-15-10(17-12)6-7-13/h3-5H,6-7,13H2,1-2H3,(H,14,16). The number of nitrogens with zero attached hydrogens (tertiary/aromatic N) is 2. The predicted octanol–water partition coefficient (Wildman–Crippen LogP) is 1.93. The third-order valence-electron chi connectivity index (χ3n) is 2.54. The molecular formula is C12H16N4O. The molecule has 2 rings (SSSR count). The number of hydrogen-bond acceptors (Lipinski definition) is 5. The summed E-state index contributed by atoms with van der Waals surface area (Å²) in [7, 11) is 0. The van der Waals surface area contributed by atoms with Crippen LogP contribution in [0.2, 0.25) is 0 Å². The maximum Gasteiger partial charge on any atom is 0.320 e. The maximum atomic E-state index is 5.42. The Hall–Kier alpha value is -1.88. The highest BCUT2D eigenvalue weighted by molar-refractivity contribution is 5.61. The first-order valence-corrected chi connectivity index (χ1v) is 5.56. The van der Waals surface area contributed by atoms with E-state index in [9.17, 15) is 0 Å². The van der Waals surface area contributed by atoms with E-state index in [-0.39, 0.29) is 0 Å². The van der Waals surface area contributed by atoms with Gasteiger partial charge in [0.2, 0.25) is 5.89 Å². The molecule has 0 saturated carbocycles. The molecule has 0 atom stereocenters. The number of nitrogens with one attached hydrogen (secondary N) is 1. The molecule has 1 aromatic heterocycles. The first kappa shape index (κ1) is 11.6. The molecule has 0 aliphatic heterocycles. The second-order valence-electron chi connectivity index (χ2n) is 3.93. The quantitative estimate of drug-likeness (QED) is 0.842. The van der Waals surface area contributed by atoms with Crippen molar-refractivity contribution in [3.8, 4) is 0 Å². The molecule has 0 aliphatic carbocycles. The number of nitrogens with two attached hydrogens (primary N) is 1. The minimum absolute atomic E-state index is 0.408. The molecule has 2 aromatic rings. The molecule has 0 radical (unpaired) electrons. The van der Waals surface area contributed by atoms with Crippen LogP contribution >= 0.6 is 0 Å². The van der Waals surface area contributed by atoms with E-state index in [4.69, 9.17) is 10.2 Å². The highest BCUT2D eigenvalue weighted by atomic mass is 16.4. The normalized spacial score (nSPS) is 10.5. The Morgan fingerprint density at radius 2 is 1.94 bits per heavy atom. The van der Waals surface area contributed by atoms with Gasteiger partial charge in [-0.05, 0) is 25.0 Å². The number of aromatic nitrogens is 2. The number of anilines is 2. The number of para-hydroxylation sites is 1. The lowest BCUT2D eigenvalue weighted by Crippen LogP contribution is -2.02. The van der Waals surface area contributed by atoms with E-state index in [1.165, 1.54) is 0 Å². The fourth-order valence-corrected chi connectivity index (χ4v) is 1.65. The van der Waals surface area contributed by atoms with Crippen LogP contribution in [0.1, 0.15) is 17.0 Å². The first-order chi connectivity index (χ1) is 8.20. The molecular weight excluding hydrogens is 216 g/mol. The molecule has 0 unspecified atom stereocenters. The summed E-state index contributed by atoms with van der Waals surface area (Å²) in [5.74, 6) is 0.557. The molecule has 0 amide bonds. The van der Waals surface area contributed by atoms with Crippen molar-refractivity contribution in [3.63, 3.8) is 0 Å². The molecule has 5 nitrogen and oxygen atoms in total. The van der Waals surface area contributed by atoms with E-state index in [1.807, 2.05) is 32.0 Å². The van der Waals surface area contributed by atoms with Crippen molar-refractivity contribution in [2.45, 2.75) is 20.3 Å². The van der Waals surface area contributed by atoms with Crippen LogP contribution < -0.4 is 11.1 Å². The Kier molecular flexibility index (Phi) is 3.39. The van der Waals surface area contributed by atoms with Gasteiger partial charge in [0.15, 0.2) is 0 Å². The fourth-order valence-electron chi connectivity index (χ4n) is 1.65. The summed E-state index contributed by atoms with van der Waals surface area (Å²) in [6.07, 6.45) is 0.599. The van der Waals surface area contributed by atoms with Gasteiger partial charge in [0.1, 0.15) is 0 Å². The Morgan fingerprint density at radius 3 is 2.59 bits per heavy atom. The van der Waals surface area contributed by atoms with Crippen LogP contribution in [0.15, 0.2) is 22.6 Å². The average Bonchev–Trinajstić information content (AvgIpc) is 2.72. The van der Waals surface area contributed by atoms with E-state index in [2.05, 4.69) is 15.5 Å². The zero-order chi connectivity index (χ0) is 12.3. The molecule has 0 fully saturated rings. The summed E-state index contributed by atoms with van der Waals surface area (Å²) >= 11 is 0. The summed E-state index contributed by atoms with van der Waals surface area (Å²) in [6, 6.07) is 6.49. The number of aryl methyl sites for hydroxylation is 2. The van der Waals surface area contributed by atoms with Crippen molar-refractivity contribution in [1.82, 2.24) is 10.2 Å². The summed E-state index contributed by atoms with van der Waals surface area (Å²) in [6.45, 7) is 4.57. The zero-order valence-electron chi connectivity index (χ0n) is 10.0. The van der Waals surface area contributed by atoms with E-state index in [0.29, 0.717) is 24.9 Å². The average molecular weight is 232 g/mol. The maximum absolute atomic E-state index is 5.42. The summed E-state index contributed by atoms with van der Waals surface area (Å²) in [5.41, 5.74) is 8.72. The minimum atomic E-state index is 0.408. The largest absolute Gasteiger partial charge is 0.408 e. The molecule has 90 valence electrons. The second-order valence-corrected chi connectivity index (χ2v) is 3.93. The third kappa shape index (κ3) is 2.62. The molecule has 17 heavy (non-hydrogen) atoms. The van der Waals surface area contributed by atoms with Gasteiger partial charge in [-0.2, -0.15) is 0 Å². The van der Waals surface area contributed by atoms with E-state index in [1.54, 1.807) is 0 Å². The monoisotopic (exact) mass is 232 g/mol. The van der Waals surface area contributed by atoms with Crippen molar-refractivity contribution in [2.75, 3.05) is 11.9 Å². The van der Waals surface area contributed by atoms with Crippen molar-refractivity contribution in [2.24, 2.45) is 5.73 Å². The molecule has 0 aliphatic rings. The van der Waals surface area contributed by atoms with Crippen LogP contribution in [-0.4, -0.2) is 16.7 Å². The van der Waals surface area contributed by atoms with Crippen molar-refractivity contribution in [3.05, 3.63) is 35.2 Å². The lowest BCUT2D eigenvalue weighted by Gasteiger charge is -2.08. The van der Waals surface area contributed by atoms with E-state index >= 15 is 0 Å². The zero-order valence-corrected chi connectivity index (χ0v) is 10.0. The SMILES string of the molecule is Cc1cccc(C)c1Nc1nnc(CCN)o1. The Balaban J connectivity index is 2.19. The minimum Gasteiger partial charge on any atom is -0.408 e. The van der Waals surface area contributed by atoms with Crippen LogP contribution in [0.25, 0.3) is 0 Å². The van der Waals surface area contributed by atoms with Crippen LogP contribution in [0.4, 0.5) is 11.7 Å². The molecule has 1 heterocycles. The van der Waals surface area contributed by atoms with E-state index < -0.39 is 0 Å². The lowest BCUT2D eigenvalue weighted by molar-refractivity contribution is 0.509. The number of rotatable bonds is 4. The molecule has 0 bridgehead atoms. The van der Waals surface area contributed by atoms with Gasteiger partial charge in [0.25, 0.3) is 0 Å². The Morgan fingerprint density at radius 1 is 1.24 bits per heavy atom. The van der Waals surface area contributed by atoms with Gasteiger partial charge in [-0.3, -0.25) is 0 Å². The molecule has 3 N–H and O–H groups in total. The number of benzene rings is 1. The molecule has 0 spiro atoms. The van der Waals surface area contributed by atoms with Gasteiger partial charge in [0, 0.05) is 18.7 Å². The fraction of sp³-hybridized carbons (Fsp3) is 0.333. The van der Waals surface area contributed by atoms with Gasteiger partial charge < -0.3 is 15.5 Å². The second kappa shape index (κ2) is 4.97. The molecule has 1 aromatic carbocycles. The van der Waals surface area contributed by atoms with Crippen LogP contribution in [-0.2, 0) is 6.42 Å².